The van der Waals surface area contributed by atoms with Gasteiger partial charge >= 0.3 is 0 Å². The number of ether oxygens (including phenoxy) is 1. The molecule has 6 nitrogen and oxygen atoms in total. The quantitative estimate of drug-likeness (QED) is 0.454. The molecule has 30 heavy (non-hydrogen) atoms. The Morgan fingerprint density at radius 3 is 2.40 bits per heavy atom. The number of benzene rings is 3. The average molecular weight is 422 g/mol. The summed E-state index contributed by atoms with van der Waals surface area (Å²) in [5.41, 5.74) is 1.84. The number of hydrogen-bond acceptors (Lipinski definition) is 4. The summed E-state index contributed by atoms with van der Waals surface area (Å²) in [7, 11) is -2.22. The molecule has 0 radical (unpaired) electrons. The Morgan fingerprint density at radius 1 is 1.00 bits per heavy atom. The van der Waals surface area contributed by atoms with E-state index in [1.165, 1.54) is 0 Å². The third-order valence-electron chi connectivity index (χ3n) is 5.07. The molecule has 0 aliphatic rings. The number of sulfonamides is 1. The molecular weight excluding hydrogens is 398 g/mol. The summed E-state index contributed by atoms with van der Waals surface area (Å²) in [6, 6.07) is 19.9. The van der Waals surface area contributed by atoms with Gasteiger partial charge in [-0.15, -0.1) is 0 Å². The molecule has 7 heteroatoms. The number of nitrogens with zero attached hydrogens (tertiary/aromatic N) is 1. The molecule has 0 fully saturated rings. The average Bonchev–Trinajstić information content (AvgIpc) is 3.27. The van der Waals surface area contributed by atoms with Gasteiger partial charge in [0.25, 0.3) is 0 Å². The molecule has 0 amide bonds. The Balaban J connectivity index is 1.68. The van der Waals surface area contributed by atoms with Crippen LogP contribution in [0.25, 0.3) is 22.0 Å². The first-order chi connectivity index (χ1) is 14.5. The molecule has 0 spiro atoms. The Labute approximate surface area is 176 Å². The van der Waals surface area contributed by atoms with Crippen LogP contribution in [-0.4, -0.2) is 25.5 Å². The Morgan fingerprint density at radius 2 is 1.70 bits per heavy atom. The number of methoxy groups -OCH3 is 1. The lowest BCUT2D eigenvalue weighted by Gasteiger charge is -2.17. The van der Waals surface area contributed by atoms with Gasteiger partial charge in [-0.3, -0.25) is 0 Å². The fourth-order valence-corrected chi connectivity index (χ4v) is 5.01. The van der Waals surface area contributed by atoms with E-state index >= 15 is 0 Å². The number of aromatic amines is 1. The predicted molar refractivity (Wildman–Crippen MR) is 118 cm³/mol. The lowest BCUT2D eigenvalue weighted by Crippen LogP contribution is -2.29. The minimum atomic E-state index is -3.79. The second-order valence-corrected chi connectivity index (χ2v) is 8.62. The summed E-state index contributed by atoms with van der Waals surface area (Å²) >= 11 is 0. The van der Waals surface area contributed by atoms with Crippen molar-refractivity contribution < 1.29 is 13.2 Å². The van der Waals surface area contributed by atoms with Crippen molar-refractivity contribution in [2.75, 3.05) is 7.11 Å². The highest BCUT2D eigenvalue weighted by molar-refractivity contribution is 7.89. The van der Waals surface area contributed by atoms with E-state index in [1.807, 2.05) is 55.5 Å². The van der Waals surface area contributed by atoms with Crippen molar-refractivity contribution in [2.45, 2.75) is 24.3 Å². The fraction of sp³-hybridized carbons (Fsp3) is 0.174. The van der Waals surface area contributed by atoms with Crippen LogP contribution < -0.4 is 9.46 Å². The fourth-order valence-electron chi connectivity index (χ4n) is 3.52. The third-order valence-corrected chi connectivity index (χ3v) is 6.60. The molecule has 0 aliphatic carbocycles. The summed E-state index contributed by atoms with van der Waals surface area (Å²) in [5.74, 6) is 1.22. The molecule has 1 atom stereocenters. The molecule has 4 aromatic rings. The number of imidazole rings is 1. The largest absolute Gasteiger partial charge is 0.496 e. The van der Waals surface area contributed by atoms with Gasteiger partial charge in [-0.2, -0.15) is 0 Å². The number of nitrogens with one attached hydrogen (secondary N) is 2. The molecule has 1 aromatic heterocycles. The first-order valence-electron chi connectivity index (χ1n) is 9.72. The molecule has 1 unspecified atom stereocenters. The van der Waals surface area contributed by atoms with Crippen LogP contribution in [0, 0.1) is 0 Å². The molecule has 3 aromatic carbocycles. The molecule has 0 aliphatic heterocycles. The highest BCUT2D eigenvalue weighted by Crippen LogP contribution is 2.31. The monoisotopic (exact) mass is 421 g/mol. The van der Waals surface area contributed by atoms with E-state index in [0.29, 0.717) is 23.4 Å². The first-order valence-corrected chi connectivity index (χ1v) is 11.2. The van der Waals surface area contributed by atoms with Crippen LogP contribution in [0.5, 0.6) is 5.75 Å². The maximum Gasteiger partial charge on any atom is 0.241 e. The SMILES string of the molecule is CCC(NS(=O)(=O)c1ccc(OC)c2ccccc12)c1ncc(-c2ccccc2)[nH]1. The Bertz CT molecular complexity index is 1270. The minimum absolute atomic E-state index is 0.215. The zero-order chi connectivity index (χ0) is 21.1. The van der Waals surface area contributed by atoms with E-state index in [4.69, 9.17) is 4.74 Å². The van der Waals surface area contributed by atoms with Crippen LogP contribution in [0.4, 0.5) is 0 Å². The lowest BCUT2D eigenvalue weighted by molar-refractivity contribution is 0.419. The van der Waals surface area contributed by atoms with Gasteiger partial charge in [0.1, 0.15) is 11.6 Å². The first kappa shape index (κ1) is 20.1. The lowest BCUT2D eigenvalue weighted by atomic mass is 10.1. The van der Waals surface area contributed by atoms with Gasteiger partial charge in [0.05, 0.1) is 29.9 Å². The summed E-state index contributed by atoms with van der Waals surface area (Å²) in [4.78, 5) is 7.90. The standard InChI is InChI=1S/C23H23N3O3S/c1-3-19(23-24-15-20(25-23)16-9-5-4-6-10-16)26-30(27,28)22-14-13-21(29-2)17-11-7-8-12-18(17)22/h4-15,19,26H,3H2,1-2H3,(H,24,25). The van der Waals surface area contributed by atoms with E-state index in [1.54, 1.807) is 31.5 Å². The van der Waals surface area contributed by atoms with Crippen molar-refractivity contribution in [2.24, 2.45) is 0 Å². The van der Waals surface area contributed by atoms with E-state index < -0.39 is 16.1 Å². The van der Waals surface area contributed by atoms with Crippen molar-refractivity contribution in [3.05, 3.63) is 78.8 Å². The van der Waals surface area contributed by atoms with Crippen LogP contribution in [0.15, 0.2) is 77.8 Å². The van der Waals surface area contributed by atoms with Gasteiger partial charge in [-0.1, -0.05) is 61.5 Å². The molecule has 0 bridgehead atoms. The van der Waals surface area contributed by atoms with Gasteiger partial charge < -0.3 is 9.72 Å². The normalized spacial score (nSPS) is 12.7. The number of fused-ring (bicyclic) bond motifs is 1. The van der Waals surface area contributed by atoms with Crippen LogP contribution in [-0.2, 0) is 10.0 Å². The van der Waals surface area contributed by atoms with Gasteiger partial charge in [0.2, 0.25) is 10.0 Å². The summed E-state index contributed by atoms with van der Waals surface area (Å²) in [5, 5.41) is 1.36. The maximum absolute atomic E-state index is 13.3. The molecule has 0 saturated carbocycles. The molecule has 2 N–H and O–H groups in total. The van der Waals surface area contributed by atoms with Crippen molar-refractivity contribution in [3.8, 4) is 17.0 Å². The van der Waals surface area contributed by atoms with Crippen molar-refractivity contribution in [3.63, 3.8) is 0 Å². The molecule has 1 heterocycles. The second-order valence-electron chi connectivity index (χ2n) is 6.94. The molecule has 4 rings (SSSR count). The van der Waals surface area contributed by atoms with Crippen LogP contribution >= 0.6 is 0 Å². The predicted octanol–water partition coefficient (Wildman–Crippen LogP) is 4.67. The van der Waals surface area contributed by atoms with Crippen LogP contribution in [0.1, 0.15) is 25.2 Å². The van der Waals surface area contributed by atoms with Crippen LogP contribution in [0.2, 0.25) is 0 Å². The van der Waals surface area contributed by atoms with Gasteiger partial charge in [0, 0.05) is 10.8 Å². The van der Waals surface area contributed by atoms with Gasteiger partial charge in [0.15, 0.2) is 0 Å². The highest BCUT2D eigenvalue weighted by atomic mass is 32.2. The van der Waals surface area contributed by atoms with E-state index in [2.05, 4.69) is 14.7 Å². The zero-order valence-electron chi connectivity index (χ0n) is 16.8. The van der Waals surface area contributed by atoms with E-state index in [-0.39, 0.29) is 4.90 Å². The Kier molecular flexibility index (Phi) is 5.57. The van der Waals surface area contributed by atoms with Crippen molar-refractivity contribution >= 4 is 20.8 Å². The number of hydrogen-bond donors (Lipinski definition) is 2. The van der Waals surface area contributed by atoms with E-state index in [9.17, 15) is 8.42 Å². The maximum atomic E-state index is 13.3. The number of aromatic nitrogens is 2. The second kappa shape index (κ2) is 8.30. The molecular formula is C23H23N3O3S. The topological polar surface area (TPSA) is 84.1 Å². The highest BCUT2D eigenvalue weighted by Gasteiger charge is 2.25. The van der Waals surface area contributed by atoms with Crippen molar-refractivity contribution in [1.82, 2.24) is 14.7 Å². The van der Waals surface area contributed by atoms with Gasteiger partial charge in [-0.25, -0.2) is 18.1 Å². The third kappa shape index (κ3) is 3.81. The van der Waals surface area contributed by atoms with Crippen molar-refractivity contribution in [1.29, 1.82) is 0 Å². The number of rotatable bonds is 7. The molecule has 0 saturated heterocycles. The number of H-pyrrole nitrogens is 1. The van der Waals surface area contributed by atoms with Crippen LogP contribution in [0.3, 0.4) is 0 Å². The zero-order valence-corrected chi connectivity index (χ0v) is 17.6. The summed E-state index contributed by atoms with van der Waals surface area (Å²) in [6.45, 7) is 1.92. The summed E-state index contributed by atoms with van der Waals surface area (Å²) < 4.78 is 34.7. The molecule has 154 valence electrons. The van der Waals surface area contributed by atoms with E-state index in [0.717, 1.165) is 16.6 Å². The smallest absolute Gasteiger partial charge is 0.241 e. The minimum Gasteiger partial charge on any atom is -0.496 e. The Hall–Kier alpha value is -3.16. The summed E-state index contributed by atoms with van der Waals surface area (Å²) in [6.07, 6.45) is 2.28. The van der Waals surface area contributed by atoms with Gasteiger partial charge in [-0.05, 0) is 24.1 Å².